The van der Waals surface area contributed by atoms with Crippen LogP contribution in [0, 0.1) is 11.3 Å². The van der Waals surface area contributed by atoms with Crippen molar-refractivity contribution in [1.29, 1.82) is 5.26 Å². The summed E-state index contributed by atoms with van der Waals surface area (Å²) in [5.74, 6) is 0. The summed E-state index contributed by atoms with van der Waals surface area (Å²) < 4.78 is 26.2. The molecular weight excluding hydrogens is 286 g/mol. The maximum absolute atomic E-state index is 12.4. The molecule has 6 heteroatoms. The molecule has 1 heterocycles. The van der Waals surface area contributed by atoms with Crippen LogP contribution in [0.5, 0.6) is 0 Å². The summed E-state index contributed by atoms with van der Waals surface area (Å²) >= 11 is 0. The Bertz CT molecular complexity index is 735. The van der Waals surface area contributed by atoms with E-state index in [1.165, 1.54) is 23.5 Å². The van der Waals surface area contributed by atoms with E-state index >= 15 is 0 Å². The largest absolute Gasteiger partial charge is 0.264 e. The summed E-state index contributed by atoms with van der Waals surface area (Å²) in [5.41, 5.74) is 1.62. The summed E-state index contributed by atoms with van der Waals surface area (Å²) in [7, 11) is -2.01. The van der Waals surface area contributed by atoms with Gasteiger partial charge >= 0.3 is 0 Å². The van der Waals surface area contributed by atoms with Crippen LogP contribution in [0.15, 0.2) is 53.7 Å². The molecule has 1 aromatic carbocycles. The van der Waals surface area contributed by atoms with Crippen LogP contribution in [0.3, 0.4) is 0 Å². The number of hydrogen-bond acceptors (Lipinski definition) is 4. The van der Waals surface area contributed by atoms with Gasteiger partial charge in [-0.2, -0.15) is 9.57 Å². The van der Waals surface area contributed by atoms with Crippen LogP contribution in [0.25, 0.3) is 0 Å². The monoisotopic (exact) mass is 301 g/mol. The standard InChI is InChI=1S/C15H15N3O2S/c1-18(12-14-3-2-10-17-11-14)21(19,20)15-6-4-13(5-7-15)8-9-16/h2-7,10-11H,8,12H2,1H3. The van der Waals surface area contributed by atoms with Crippen molar-refractivity contribution < 1.29 is 8.42 Å². The first kappa shape index (κ1) is 15.2. The molecule has 0 fully saturated rings. The van der Waals surface area contributed by atoms with Crippen molar-refractivity contribution in [2.45, 2.75) is 17.9 Å². The minimum atomic E-state index is -3.55. The molecule has 2 rings (SSSR count). The number of nitrogens with zero attached hydrogens (tertiary/aromatic N) is 3. The molecule has 2 aromatic rings. The van der Waals surface area contributed by atoms with Crippen LogP contribution in [-0.4, -0.2) is 24.8 Å². The fourth-order valence-electron chi connectivity index (χ4n) is 1.88. The molecule has 21 heavy (non-hydrogen) atoms. The van der Waals surface area contributed by atoms with Crippen LogP contribution in [-0.2, 0) is 23.0 Å². The van der Waals surface area contributed by atoms with Crippen molar-refractivity contribution in [3.63, 3.8) is 0 Å². The molecule has 5 nitrogen and oxygen atoms in total. The smallest absolute Gasteiger partial charge is 0.243 e. The maximum atomic E-state index is 12.4. The second-order valence-corrected chi connectivity index (χ2v) is 6.65. The predicted octanol–water partition coefficient (Wildman–Crippen LogP) is 1.97. The van der Waals surface area contributed by atoms with Crippen LogP contribution in [0.4, 0.5) is 0 Å². The number of benzene rings is 1. The Hall–Kier alpha value is -2.23. The third kappa shape index (κ3) is 3.66. The van der Waals surface area contributed by atoms with E-state index in [-0.39, 0.29) is 17.9 Å². The molecule has 0 aliphatic carbocycles. The van der Waals surface area contributed by atoms with Gasteiger partial charge in [0, 0.05) is 26.0 Å². The molecule has 0 amide bonds. The molecule has 1 aromatic heterocycles. The second kappa shape index (κ2) is 6.48. The van der Waals surface area contributed by atoms with E-state index in [1.807, 2.05) is 12.1 Å². The molecule has 0 atom stereocenters. The van der Waals surface area contributed by atoms with Crippen LogP contribution < -0.4 is 0 Å². The van der Waals surface area contributed by atoms with Gasteiger partial charge in [-0.25, -0.2) is 8.42 Å². The first-order chi connectivity index (χ1) is 10.0. The van der Waals surface area contributed by atoms with E-state index in [4.69, 9.17) is 5.26 Å². The van der Waals surface area contributed by atoms with E-state index in [2.05, 4.69) is 4.98 Å². The first-order valence-corrected chi connectivity index (χ1v) is 7.79. The van der Waals surface area contributed by atoms with E-state index in [0.29, 0.717) is 0 Å². The zero-order chi connectivity index (χ0) is 15.3. The fraction of sp³-hybridized carbons (Fsp3) is 0.200. The Morgan fingerprint density at radius 3 is 2.48 bits per heavy atom. The molecule has 0 saturated carbocycles. The zero-order valence-electron chi connectivity index (χ0n) is 11.6. The third-order valence-corrected chi connectivity index (χ3v) is 4.86. The molecule has 0 spiro atoms. The van der Waals surface area contributed by atoms with Gasteiger partial charge in [0.05, 0.1) is 17.4 Å². The lowest BCUT2D eigenvalue weighted by Gasteiger charge is -2.17. The van der Waals surface area contributed by atoms with Gasteiger partial charge in [-0.1, -0.05) is 18.2 Å². The lowest BCUT2D eigenvalue weighted by molar-refractivity contribution is 0.466. The third-order valence-electron chi connectivity index (χ3n) is 3.04. The second-order valence-electron chi connectivity index (χ2n) is 4.60. The van der Waals surface area contributed by atoms with Crippen LogP contribution in [0.1, 0.15) is 11.1 Å². The van der Waals surface area contributed by atoms with Crippen molar-refractivity contribution in [3.8, 4) is 6.07 Å². The number of hydrogen-bond donors (Lipinski definition) is 0. The predicted molar refractivity (Wildman–Crippen MR) is 78.6 cm³/mol. The Kier molecular flexibility index (Phi) is 4.68. The number of sulfonamides is 1. The highest BCUT2D eigenvalue weighted by atomic mass is 32.2. The normalized spacial score (nSPS) is 11.3. The van der Waals surface area contributed by atoms with Crippen LogP contribution in [0.2, 0.25) is 0 Å². The summed E-state index contributed by atoms with van der Waals surface area (Å²) in [5, 5.41) is 8.62. The SMILES string of the molecule is CN(Cc1cccnc1)S(=O)(=O)c1ccc(CC#N)cc1. The van der Waals surface area contributed by atoms with Crippen molar-refractivity contribution in [2.24, 2.45) is 0 Å². The summed E-state index contributed by atoms with van der Waals surface area (Å²) in [6.07, 6.45) is 3.56. The first-order valence-electron chi connectivity index (χ1n) is 6.35. The van der Waals surface area contributed by atoms with E-state index < -0.39 is 10.0 Å². The molecule has 108 valence electrons. The van der Waals surface area contributed by atoms with E-state index in [0.717, 1.165) is 11.1 Å². The van der Waals surface area contributed by atoms with E-state index in [9.17, 15) is 8.42 Å². The molecule has 0 unspecified atom stereocenters. The molecule has 0 N–H and O–H groups in total. The van der Waals surface area contributed by atoms with Gasteiger partial charge in [-0.05, 0) is 29.3 Å². The molecule has 0 aliphatic heterocycles. The van der Waals surface area contributed by atoms with Crippen molar-refractivity contribution in [2.75, 3.05) is 7.05 Å². The van der Waals surface area contributed by atoms with Crippen molar-refractivity contribution in [3.05, 3.63) is 59.9 Å². The number of rotatable bonds is 5. The highest BCUT2D eigenvalue weighted by Gasteiger charge is 2.20. The number of nitriles is 1. The Morgan fingerprint density at radius 1 is 1.19 bits per heavy atom. The average molecular weight is 301 g/mol. The minimum Gasteiger partial charge on any atom is -0.264 e. The molecule has 0 saturated heterocycles. The van der Waals surface area contributed by atoms with Crippen molar-refractivity contribution >= 4 is 10.0 Å². The Morgan fingerprint density at radius 2 is 1.90 bits per heavy atom. The molecule has 0 radical (unpaired) electrons. The van der Waals surface area contributed by atoms with Gasteiger partial charge in [0.1, 0.15) is 0 Å². The Labute approximate surface area is 124 Å². The number of aromatic nitrogens is 1. The molecule has 0 bridgehead atoms. The average Bonchev–Trinajstić information content (AvgIpc) is 2.49. The summed E-state index contributed by atoms with van der Waals surface area (Å²) in [6, 6.07) is 12.0. The quantitative estimate of drug-likeness (QED) is 0.846. The van der Waals surface area contributed by atoms with Gasteiger partial charge in [0.2, 0.25) is 10.0 Å². The molecular formula is C15H15N3O2S. The van der Waals surface area contributed by atoms with Gasteiger partial charge in [0.25, 0.3) is 0 Å². The van der Waals surface area contributed by atoms with Crippen molar-refractivity contribution in [1.82, 2.24) is 9.29 Å². The summed E-state index contributed by atoms with van der Waals surface area (Å²) in [4.78, 5) is 4.19. The number of pyridine rings is 1. The highest BCUT2D eigenvalue weighted by Crippen LogP contribution is 2.17. The maximum Gasteiger partial charge on any atom is 0.243 e. The Balaban J connectivity index is 2.19. The lowest BCUT2D eigenvalue weighted by atomic mass is 10.2. The van der Waals surface area contributed by atoms with Gasteiger partial charge < -0.3 is 0 Å². The molecule has 0 aliphatic rings. The lowest BCUT2D eigenvalue weighted by Crippen LogP contribution is -2.26. The highest BCUT2D eigenvalue weighted by molar-refractivity contribution is 7.89. The van der Waals surface area contributed by atoms with Crippen LogP contribution >= 0.6 is 0 Å². The summed E-state index contributed by atoms with van der Waals surface area (Å²) in [6.45, 7) is 0.260. The van der Waals surface area contributed by atoms with E-state index in [1.54, 1.807) is 30.6 Å². The minimum absolute atomic E-state index is 0.218. The zero-order valence-corrected chi connectivity index (χ0v) is 12.4. The van der Waals surface area contributed by atoms with Gasteiger partial charge in [-0.15, -0.1) is 0 Å². The van der Waals surface area contributed by atoms with Gasteiger partial charge in [0.15, 0.2) is 0 Å². The fourth-order valence-corrected chi connectivity index (χ4v) is 3.04. The van der Waals surface area contributed by atoms with Gasteiger partial charge in [-0.3, -0.25) is 4.98 Å². The topological polar surface area (TPSA) is 74.1 Å².